The van der Waals surface area contributed by atoms with Gasteiger partial charge in [-0.25, -0.2) is 9.67 Å². The van der Waals surface area contributed by atoms with Crippen molar-refractivity contribution in [2.75, 3.05) is 5.73 Å². The van der Waals surface area contributed by atoms with Gasteiger partial charge in [0.1, 0.15) is 17.1 Å². The molecule has 3 aromatic rings. The van der Waals surface area contributed by atoms with Crippen LogP contribution in [0.4, 0.5) is 5.82 Å². The smallest absolute Gasteiger partial charge is 0.153 e. The van der Waals surface area contributed by atoms with Crippen LogP contribution in [0.25, 0.3) is 16.7 Å². The van der Waals surface area contributed by atoms with Gasteiger partial charge in [-0.1, -0.05) is 18.2 Å². The van der Waals surface area contributed by atoms with Gasteiger partial charge in [0.2, 0.25) is 0 Å². The summed E-state index contributed by atoms with van der Waals surface area (Å²) in [7, 11) is 0. The van der Waals surface area contributed by atoms with Crippen LogP contribution in [0.2, 0.25) is 0 Å². The Balaban J connectivity index is 2.27. The number of para-hydroxylation sites is 1. The van der Waals surface area contributed by atoms with E-state index in [0.29, 0.717) is 22.4 Å². The van der Waals surface area contributed by atoms with Crippen LogP contribution in [0.5, 0.6) is 0 Å². The molecule has 0 aliphatic carbocycles. The molecule has 0 aliphatic rings. The summed E-state index contributed by atoms with van der Waals surface area (Å²) in [5.74, 6) is 0.473. The van der Waals surface area contributed by atoms with Crippen molar-refractivity contribution < 1.29 is 0 Å². The van der Waals surface area contributed by atoms with Gasteiger partial charge in [-0.3, -0.25) is 0 Å². The van der Waals surface area contributed by atoms with Crippen molar-refractivity contribution in [3.63, 3.8) is 0 Å². The maximum absolute atomic E-state index is 8.83. The van der Waals surface area contributed by atoms with Gasteiger partial charge in [0.25, 0.3) is 0 Å². The number of pyridine rings is 1. The lowest BCUT2D eigenvalue weighted by Gasteiger charge is -2.01. The number of aromatic nitrogens is 3. The van der Waals surface area contributed by atoms with E-state index < -0.39 is 0 Å². The van der Waals surface area contributed by atoms with Gasteiger partial charge in [0.15, 0.2) is 5.82 Å². The molecule has 0 aliphatic heterocycles. The van der Waals surface area contributed by atoms with E-state index in [-0.39, 0.29) is 0 Å². The minimum absolute atomic E-state index is 0.472. The lowest BCUT2D eigenvalue weighted by molar-refractivity contribution is 0.907. The number of nitrogen functional groups attached to an aromatic ring is 1. The third-order valence-electron chi connectivity index (χ3n) is 2.68. The van der Waals surface area contributed by atoms with Gasteiger partial charge >= 0.3 is 0 Å². The highest BCUT2D eigenvalue weighted by Crippen LogP contribution is 2.22. The zero-order valence-corrected chi connectivity index (χ0v) is 9.41. The highest BCUT2D eigenvalue weighted by molar-refractivity contribution is 5.86. The Morgan fingerprint density at radius 3 is 2.72 bits per heavy atom. The van der Waals surface area contributed by atoms with E-state index in [4.69, 9.17) is 11.0 Å². The fraction of sp³-hybridized carbons (Fsp3) is 0. The van der Waals surface area contributed by atoms with Crippen molar-refractivity contribution in [2.45, 2.75) is 0 Å². The van der Waals surface area contributed by atoms with Crippen LogP contribution in [0.15, 0.2) is 42.6 Å². The summed E-state index contributed by atoms with van der Waals surface area (Å²) in [5.41, 5.74) is 8.59. The lowest BCUT2D eigenvalue weighted by atomic mass is 10.3. The third kappa shape index (κ3) is 1.48. The third-order valence-corrected chi connectivity index (χ3v) is 2.68. The number of benzene rings is 1. The van der Waals surface area contributed by atoms with Gasteiger partial charge in [0, 0.05) is 6.20 Å². The molecule has 5 nitrogen and oxygen atoms in total. The van der Waals surface area contributed by atoms with Crippen molar-refractivity contribution in [1.29, 1.82) is 5.26 Å². The van der Waals surface area contributed by atoms with E-state index in [9.17, 15) is 0 Å². The van der Waals surface area contributed by atoms with Crippen molar-refractivity contribution in [1.82, 2.24) is 14.8 Å². The first-order valence-corrected chi connectivity index (χ1v) is 5.39. The van der Waals surface area contributed by atoms with Crippen LogP contribution in [0, 0.1) is 11.3 Å². The Hall–Kier alpha value is -2.87. The number of nitrogens with two attached hydrogens (primary N) is 1. The Morgan fingerprint density at radius 2 is 2.00 bits per heavy atom. The molecule has 0 unspecified atom stereocenters. The molecule has 2 N–H and O–H groups in total. The molecule has 0 saturated heterocycles. The molecular formula is C13H9N5. The average Bonchev–Trinajstić information content (AvgIpc) is 2.76. The summed E-state index contributed by atoms with van der Waals surface area (Å²) < 4.78 is 1.62. The first-order valence-electron chi connectivity index (χ1n) is 5.39. The molecule has 0 spiro atoms. The number of hydrogen-bond donors (Lipinski definition) is 1. The highest BCUT2D eigenvalue weighted by atomic mass is 15.3. The largest absolute Gasteiger partial charge is 0.382 e. The summed E-state index contributed by atoms with van der Waals surface area (Å²) >= 11 is 0. The zero-order valence-electron chi connectivity index (χ0n) is 9.41. The van der Waals surface area contributed by atoms with E-state index >= 15 is 0 Å². The molecule has 2 aromatic heterocycles. The average molecular weight is 235 g/mol. The fourth-order valence-corrected chi connectivity index (χ4v) is 1.82. The standard InChI is InChI=1S/C13H9N5/c14-7-9-6-11-12(16-8-9)13(15)18(17-11)10-4-2-1-3-5-10/h1-6,8H,15H2. The maximum atomic E-state index is 8.83. The predicted molar refractivity (Wildman–Crippen MR) is 68.0 cm³/mol. The first-order chi connectivity index (χ1) is 8.79. The molecule has 5 heteroatoms. The van der Waals surface area contributed by atoms with Crippen LogP contribution in [0.1, 0.15) is 5.56 Å². The molecule has 86 valence electrons. The number of nitrogens with zero attached hydrogens (tertiary/aromatic N) is 4. The summed E-state index contributed by atoms with van der Waals surface area (Å²) in [6, 6.07) is 13.3. The van der Waals surface area contributed by atoms with Crippen molar-refractivity contribution in [2.24, 2.45) is 0 Å². The van der Waals surface area contributed by atoms with Gasteiger partial charge in [0.05, 0.1) is 11.3 Å². The minimum atomic E-state index is 0.472. The van der Waals surface area contributed by atoms with Crippen LogP contribution in [-0.4, -0.2) is 14.8 Å². The van der Waals surface area contributed by atoms with Crippen molar-refractivity contribution >= 4 is 16.9 Å². The summed E-state index contributed by atoms with van der Waals surface area (Å²) in [5, 5.41) is 13.2. The highest BCUT2D eigenvalue weighted by Gasteiger charge is 2.11. The number of rotatable bonds is 1. The van der Waals surface area contributed by atoms with E-state index in [0.717, 1.165) is 5.69 Å². The second-order valence-corrected chi connectivity index (χ2v) is 3.84. The van der Waals surface area contributed by atoms with E-state index in [1.165, 1.54) is 6.20 Å². The molecule has 0 radical (unpaired) electrons. The molecule has 2 heterocycles. The topological polar surface area (TPSA) is 80.5 Å². The number of anilines is 1. The quantitative estimate of drug-likeness (QED) is 0.698. The molecule has 1 aromatic carbocycles. The van der Waals surface area contributed by atoms with Crippen LogP contribution in [0.3, 0.4) is 0 Å². The summed E-state index contributed by atoms with van der Waals surface area (Å²) in [6.45, 7) is 0. The summed E-state index contributed by atoms with van der Waals surface area (Å²) in [4.78, 5) is 4.17. The van der Waals surface area contributed by atoms with Crippen molar-refractivity contribution in [3.8, 4) is 11.8 Å². The minimum Gasteiger partial charge on any atom is -0.382 e. The molecule has 0 saturated carbocycles. The van der Waals surface area contributed by atoms with Gasteiger partial charge in [-0.2, -0.15) is 10.4 Å². The number of hydrogen-bond acceptors (Lipinski definition) is 4. The van der Waals surface area contributed by atoms with Crippen LogP contribution in [-0.2, 0) is 0 Å². The van der Waals surface area contributed by atoms with Crippen LogP contribution < -0.4 is 5.73 Å². The maximum Gasteiger partial charge on any atom is 0.153 e. The summed E-state index contributed by atoms with van der Waals surface area (Å²) in [6.07, 6.45) is 1.50. The SMILES string of the molecule is N#Cc1cnc2c(N)n(-c3ccccc3)nc2c1. The van der Waals surface area contributed by atoms with Gasteiger partial charge < -0.3 is 5.73 Å². The van der Waals surface area contributed by atoms with E-state index in [2.05, 4.69) is 10.1 Å². The fourth-order valence-electron chi connectivity index (χ4n) is 1.82. The molecule has 3 rings (SSSR count). The van der Waals surface area contributed by atoms with Gasteiger partial charge in [-0.05, 0) is 18.2 Å². The van der Waals surface area contributed by atoms with E-state index in [1.54, 1.807) is 10.7 Å². The predicted octanol–water partition coefficient (Wildman–Crippen LogP) is 1.87. The molecule has 0 fully saturated rings. The zero-order chi connectivity index (χ0) is 12.5. The number of nitriles is 1. The molecule has 0 amide bonds. The molecular weight excluding hydrogens is 226 g/mol. The first kappa shape index (κ1) is 10.3. The molecule has 0 bridgehead atoms. The normalized spacial score (nSPS) is 10.4. The van der Waals surface area contributed by atoms with Crippen LogP contribution >= 0.6 is 0 Å². The van der Waals surface area contributed by atoms with Gasteiger partial charge in [-0.15, -0.1) is 0 Å². The van der Waals surface area contributed by atoms with Crippen molar-refractivity contribution in [3.05, 3.63) is 48.2 Å². The second kappa shape index (κ2) is 3.86. The Labute approximate surface area is 103 Å². The number of fused-ring (bicyclic) bond motifs is 1. The Morgan fingerprint density at radius 1 is 1.22 bits per heavy atom. The Kier molecular flexibility index (Phi) is 2.21. The second-order valence-electron chi connectivity index (χ2n) is 3.84. The van der Waals surface area contributed by atoms with E-state index in [1.807, 2.05) is 36.4 Å². The molecule has 0 atom stereocenters. The monoisotopic (exact) mass is 235 g/mol. The Bertz CT molecular complexity index is 752. The molecule has 18 heavy (non-hydrogen) atoms. The lowest BCUT2D eigenvalue weighted by Crippen LogP contribution is -2.01.